The minimum Gasteiger partial charge on any atom is -0.492 e. The van der Waals surface area contributed by atoms with Crippen LogP contribution >= 0.6 is 0 Å². The van der Waals surface area contributed by atoms with Gasteiger partial charge in [0.2, 0.25) is 12.5 Å². The average molecular weight is 491 g/mol. The lowest BCUT2D eigenvalue weighted by atomic mass is 9.90. The molecule has 3 aliphatic rings. The SMILES string of the molecule is COc1c2c(cc3c1[C@H](c1nnnn1-c1ccc(C(=O)NC4CCCCC4)cc1)N(C)CC3)OCO2. The normalized spacial score (nSPS) is 19.7. The molecule has 0 spiro atoms. The van der Waals surface area contributed by atoms with Crippen molar-refractivity contribution in [3.8, 4) is 22.9 Å². The van der Waals surface area contributed by atoms with Crippen LogP contribution in [0.25, 0.3) is 5.69 Å². The lowest BCUT2D eigenvalue weighted by Gasteiger charge is -2.34. The number of nitrogens with zero attached hydrogens (tertiary/aromatic N) is 5. The molecule has 2 aliphatic heterocycles. The Bertz CT molecular complexity index is 1270. The molecule has 6 rings (SSSR count). The molecular formula is C26H30N6O4. The maximum atomic E-state index is 12.8. The lowest BCUT2D eigenvalue weighted by molar-refractivity contribution is 0.0927. The summed E-state index contributed by atoms with van der Waals surface area (Å²) in [7, 11) is 3.69. The molecule has 36 heavy (non-hydrogen) atoms. The number of hydrogen-bond donors (Lipinski definition) is 1. The molecule has 1 saturated carbocycles. The van der Waals surface area contributed by atoms with Gasteiger partial charge in [-0.3, -0.25) is 9.69 Å². The Labute approximate surface area is 209 Å². The molecule has 1 fully saturated rings. The monoisotopic (exact) mass is 490 g/mol. The number of methoxy groups -OCH3 is 1. The minimum absolute atomic E-state index is 0.0351. The van der Waals surface area contributed by atoms with E-state index in [-0.39, 0.29) is 24.8 Å². The second-order valence-electron chi connectivity index (χ2n) is 9.65. The van der Waals surface area contributed by atoms with Crippen molar-refractivity contribution in [3.63, 3.8) is 0 Å². The molecule has 10 nitrogen and oxygen atoms in total. The molecule has 10 heteroatoms. The number of benzene rings is 2. The predicted molar refractivity (Wildman–Crippen MR) is 131 cm³/mol. The summed E-state index contributed by atoms with van der Waals surface area (Å²) in [6, 6.07) is 9.49. The number of nitrogens with one attached hydrogen (secondary N) is 1. The number of tetrazole rings is 1. The summed E-state index contributed by atoms with van der Waals surface area (Å²) in [5, 5.41) is 15.9. The maximum absolute atomic E-state index is 12.8. The van der Waals surface area contributed by atoms with E-state index >= 15 is 0 Å². The molecule has 1 amide bonds. The minimum atomic E-state index is -0.248. The zero-order chi connectivity index (χ0) is 24.6. The average Bonchev–Trinajstić information content (AvgIpc) is 3.58. The number of likely N-dealkylation sites (N-methyl/N-ethyl adjacent to an activating group) is 1. The Morgan fingerprint density at radius 3 is 2.72 bits per heavy atom. The molecule has 188 valence electrons. The van der Waals surface area contributed by atoms with Crippen molar-refractivity contribution in [1.29, 1.82) is 0 Å². The van der Waals surface area contributed by atoms with Gasteiger partial charge in [-0.25, -0.2) is 0 Å². The zero-order valence-corrected chi connectivity index (χ0v) is 20.6. The molecule has 0 bridgehead atoms. The maximum Gasteiger partial charge on any atom is 0.251 e. The molecule has 0 unspecified atom stereocenters. The number of fused-ring (bicyclic) bond motifs is 2. The second-order valence-corrected chi connectivity index (χ2v) is 9.65. The first-order valence-corrected chi connectivity index (χ1v) is 12.5. The fraction of sp³-hybridized carbons (Fsp3) is 0.462. The van der Waals surface area contributed by atoms with Gasteiger partial charge >= 0.3 is 0 Å². The predicted octanol–water partition coefficient (Wildman–Crippen LogP) is 3.04. The highest BCUT2D eigenvalue weighted by Gasteiger charge is 2.37. The summed E-state index contributed by atoms with van der Waals surface area (Å²) in [6.07, 6.45) is 6.57. The molecule has 1 atom stereocenters. The van der Waals surface area contributed by atoms with Crippen molar-refractivity contribution in [1.82, 2.24) is 30.4 Å². The summed E-state index contributed by atoms with van der Waals surface area (Å²) in [5.41, 5.74) is 3.52. The summed E-state index contributed by atoms with van der Waals surface area (Å²) in [6.45, 7) is 1.00. The molecule has 1 aromatic heterocycles. The van der Waals surface area contributed by atoms with Crippen LogP contribution < -0.4 is 19.5 Å². The molecule has 3 heterocycles. The van der Waals surface area contributed by atoms with Gasteiger partial charge in [0, 0.05) is 23.7 Å². The van der Waals surface area contributed by atoms with Gasteiger partial charge in [0.25, 0.3) is 5.91 Å². The number of carbonyl (C=O) groups is 1. The van der Waals surface area contributed by atoms with E-state index in [1.54, 1.807) is 11.8 Å². The fourth-order valence-electron chi connectivity index (χ4n) is 5.58. The highest BCUT2D eigenvalue weighted by Crippen LogP contribution is 2.50. The van der Waals surface area contributed by atoms with Gasteiger partial charge < -0.3 is 19.5 Å². The van der Waals surface area contributed by atoms with Crippen LogP contribution in [-0.2, 0) is 6.42 Å². The molecule has 1 N–H and O–H groups in total. The Morgan fingerprint density at radius 2 is 1.94 bits per heavy atom. The van der Waals surface area contributed by atoms with E-state index < -0.39 is 0 Å². The van der Waals surface area contributed by atoms with Crippen LogP contribution in [0, 0.1) is 0 Å². The van der Waals surface area contributed by atoms with Crippen molar-refractivity contribution >= 4 is 5.91 Å². The summed E-state index contributed by atoms with van der Waals surface area (Å²) < 4.78 is 18.9. The zero-order valence-electron chi connectivity index (χ0n) is 20.6. The summed E-state index contributed by atoms with van der Waals surface area (Å²) in [4.78, 5) is 15.0. The van der Waals surface area contributed by atoms with Gasteiger partial charge in [-0.1, -0.05) is 19.3 Å². The van der Waals surface area contributed by atoms with E-state index in [2.05, 4.69) is 32.8 Å². The Balaban J connectivity index is 1.32. The first-order chi connectivity index (χ1) is 17.6. The van der Waals surface area contributed by atoms with Crippen LogP contribution in [0.15, 0.2) is 30.3 Å². The van der Waals surface area contributed by atoms with E-state index in [4.69, 9.17) is 14.2 Å². The van der Waals surface area contributed by atoms with Crippen molar-refractivity contribution in [2.75, 3.05) is 27.5 Å². The number of carbonyl (C=O) groups excluding carboxylic acids is 1. The largest absolute Gasteiger partial charge is 0.492 e. The molecule has 1 aliphatic carbocycles. The first kappa shape index (κ1) is 22.8. The lowest BCUT2D eigenvalue weighted by Crippen LogP contribution is -2.36. The molecule has 0 saturated heterocycles. The van der Waals surface area contributed by atoms with Gasteiger partial charge in [0.1, 0.15) is 6.04 Å². The van der Waals surface area contributed by atoms with Gasteiger partial charge in [-0.15, -0.1) is 5.10 Å². The Kier molecular flexibility index (Phi) is 5.96. The van der Waals surface area contributed by atoms with Crippen LogP contribution in [0.4, 0.5) is 0 Å². The number of hydrogen-bond acceptors (Lipinski definition) is 8. The van der Waals surface area contributed by atoms with Gasteiger partial charge in [-0.05, 0) is 72.6 Å². The highest BCUT2D eigenvalue weighted by atomic mass is 16.7. The smallest absolute Gasteiger partial charge is 0.251 e. The third kappa shape index (κ3) is 3.95. The molecular weight excluding hydrogens is 460 g/mol. The van der Waals surface area contributed by atoms with Crippen molar-refractivity contribution in [2.45, 2.75) is 50.6 Å². The summed E-state index contributed by atoms with van der Waals surface area (Å²) >= 11 is 0. The second kappa shape index (κ2) is 9.42. The Hall–Kier alpha value is -3.66. The van der Waals surface area contributed by atoms with Crippen molar-refractivity contribution < 1.29 is 19.0 Å². The molecule has 2 aromatic carbocycles. The topological polar surface area (TPSA) is 104 Å². The summed E-state index contributed by atoms with van der Waals surface area (Å²) in [5.74, 6) is 2.60. The Morgan fingerprint density at radius 1 is 1.14 bits per heavy atom. The molecule has 3 aromatic rings. The van der Waals surface area contributed by atoms with Crippen LogP contribution in [0.5, 0.6) is 17.2 Å². The number of rotatable bonds is 5. The van der Waals surface area contributed by atoms with Crippen LogP contribution in [0.3, 0.4) is 0 Å². The standard InChI is InChI=1S/C26H30N6O4/c1-31-13-12-17-14-20-23(36-15-35-20)24(34-2)21(17)22(31)25-28-29-30-32(25)19-10-8-16(9-11-19)26(33)27-18-6-4-3-5-7-18/h8-11,14,18,22H,3-7,12-13,15H2,1-2H3,(H,27,33)/t22-/m1/s1. The van der Waals surface area contributed by atoms with E-state index in [1.165, 1.54) is 19.3 Å². The van der Waals surface area contributed by atoms with Gasteiger partial charge in [0.05, 0.1) is 12.8 Å². The number of amides is 1. The van der Waals surface area contributed by atoms with Crippen LogP contribution in [0.2, 0.25) is 0 Å². The number of aromatic nitrogens is 4. The van der Waals surface area contributed by atoms with Crippen molar-refractivity contribution in [2.24, 2.45) is 0 Å². The van der Waals surface area contributed by atoms with Crippen molar-refractivity contribution in [3.05, 3.63) is 52.8 Å². The van der Waals surface area contributed by atoms with Gasteiger partial charge in [0.15, 0.2) is 17.3 Å². The molecule has 0 radical (unpaired) electrons. The van der Waals surface area contributed by atoms with E-state index in [9.17, 15) is 4.79 Å². The highest BCUT2D eigenvalue weighted by molar-refractivity contribution is 5.94. The van der Waals surface area contributed by atoms with E-state index in [0.29, 0.717) is 28.6 Å². The van der Waals surface area contributed by atoms with Gasteiger partial charge in [-0.2, -0.15) is 4.68 Å². The van der Waals surface area contributed by atoms with Crippen LogP contribution in [-0.4, -0.2) is 64.6 Å². The van der Waals surface area contributed by atoms with Crippen LogP contribution in [0.1, 0.15) is 65.5 Å². The van der Waals surface area contributed by atoms with E-state index in [1.807, 2.05) is 30.3 Å². The fourth-order valence-corrected chi connectivity index (χ4v) is 5.58. The quantitative estimate of drug-likeness (QED) is 0.582. The third-order valence-corrected chi connectivity index (χ3v) is 7.45. The van der Waals surface area contributed by atoms with E-state index in [0.717, 1.165) is 42.6 Å². The number of ether oxygens (including phenoxy) is 3. The first-order valence-electron chi connectivity index (χ1n) is 12.5. The third-order valence-electron chi connectivity index (χ3n) is 7.45.